The molecule has 0 aromatic carbocycles. The van der Waals surface area contributed by atoms with Crippen LogP contribution in [0.2, 0.25) is 0 Å². The van der Waals surface area contributed by atoms with E-state index in [0.717, 1.165) is 61.5 Å². The number of hydrogen-bond donors (Lipinski definition) is 0. The normalized spacial score (nSPS) is 18.7. The number of rotatable bonds is 5. The van der Waals surface area contributed by atoms with Gasteiger partial charge in [0.05, 0.1) is 5.69 Å². The van der Waals surface area contributed by atoms with Crippen LogP contribution in [-0.4, -0.2) is 46.0 Å². The van der Waals surface area contributed by atoms with Gasteiger partial charge in [-0.1, -0.05) is 13.8 Å². The van der Waals surface area contributed by atoms with Crippen molar-refractivity contribution in [1.82, 2.24) is 19.9 Å². The van der Waals surface area contributed by atoms with Crippen LogP contribution in [0.25, 0.3) is 0 Å². The van der Waals surface area contributed by atoms with Crippen LogP contribution in [0, 0.1) is 13.8 Å². The zero-order valence-corrected chi connectivity index (χ0v) is 16.3. The monoisotopic (exact) mass is 355 g/mol. The summed E-state index contributed by atoms with van der Waals surface area (Å²) in [4.78, 5) is 19.0. The summed E-state index contributed by atoms with van der Waals surface area (Å²) < 4.78 is 5.56. The first-order valence-electron chi connectivity index (χ1n) is 9.77. The van der Waals surface area contributed by atoms with Crippen molar-refractivity contribution in [2.24, 2.45) is 0 Å². The Labute approximate surface area is 155 Å². The summed E-state index contributed by atoms with van der Waals surface area (Å²) in [7, 11) is 0. The quantitative estimate of drug-likeness (QED) is 0.819. The zero-order valence-electron chi connectivity index (χ0n) is 16.3. The highest BCUT2D eigenvalue weighted by Gasteiger charge is 2.29. The molecule has 6 heteroatoms. The third-order valence-corrected chi connectivity index (χ3v) is 5.57. The lowest BCUT2D eigenvalue weighted by Gasteiger charge is -2.36. The van der Waals surface area contributed by atoms with Crippen molar-refractivity contribution in [3.05, 3.63) is 34.9 Å². The lowest BCUT2D eigenvalue weighted by molar-refractivity contribution is 0.244. The number of hydrogen-bond acceptors (Lipinski definition) is 6. The molecule has 0 atom stereocenters. The van der Waals surface area contributed by atoms with Gasteiger partial charge in [-0.2, -0.15) is 0 Å². The van der Waals surface area contributed by atoms with Gasteiger partial charge < -0.3 is 9.32 Å². The van der Waals surface area contributed by atoms with Crippen LogP contribution in [0.4, 0.5) is 5.82 Å². The molecule has 26 heavy (non-hydrogen) atoms. The second kappa shape index (κ2) is 6.99. The Hall–Kier alpha value is -1.95. The fraction of sp³-hybridized carbons (Fsp3) is 0.650. The minimum absolute atomic E-state index is 0.376. The summed E-state index contributed by atoms with van der Waals surface area (Å²) in [6.45, 7) is 13.5. The fourth-order valence-corrected chi connectivity index (χ4v) is 3.66. The Kier molecular flexibility index (Phi) is 4.69. The Morgan fingerprint density at radius 1 is 1.12 bits per heavy atom. The SMILES string of the molecule is Cc1nc(C2CC2)nc(N2CCN(Cc3ncoc3C(C)C)CC2)c1C. The van der Waals surface area contributed by atoms with Gasteiger partial charge in [0.1, 0.15) is 17.4 Å². The van der Waals surface area contributed by atoms with Crippen molar-refractivity contribution < 1.29 is 4.42 Å². The predicted molar refractivity (Wildman–Crippen MR) is 102 cm³/mol. The average Bonchev–Trinajstić information content (AvgIpc) is 3.37. The van der Waals surface area contributed by atoms with Crippen molar-refractivity contribution in [1.29, 1.82) is 0 Å². The molecule has 4 rings (SSSR count). The summed E-state index contributed by atoms with van der Waals surface area (Å²) in [6, 6.07) is 0. The molecule has 0 spiro atoms. The lowest BCUT2D eigenvalue weighted by Crippen LogP contribution is -2.46. The number of anilines is 1. The molecule has 0 bridgehead atoms. The third-order valence-electron chi connectivity index (χ3n) is 5.57. The summed E-state index contributed by atoms with van der Waals surface area (Å²) in [5.74, 6) is 4.18. The van der Waals surface area contributed by atoms with E-state index in [1.807, 2.05) is 0 Å². The minimum atomic E-state index is 0.376. The highest BCUT2D eigenvalue weighted by molar-refractivity contribution is 5.49. The first-order valence-corrected chi connectivity index (χ1v) is 9.77. The van der Waals surface area contributed by atoms with Crippen LogP contribution in [0.1, 0.15) is 67.1 Å². The highest BCUT2D eigenvalue weighted by atomic mass is 16.3. The maximum atomic E-state index is 5.56. The van der Waals surface area contributed by atoms with E-state index in [-0.39, 0.29) is 0 Å². The molecule has 2 aromatic rings. The first-order chi connectivity index (χ1) is 12.5. The van der Waals surface area contributed by atoms with E-state index >= 15 is 0 Å². The molecule has 3 heterocycles. The molecular weight excluding hydrogens is 326 g/mol. The zero-order chi connectivity index (χ0) is 18.3. The molecule has 2 aromatic heterocycles. The maximum Gasteiger partial charge on any atom is 0.181 e. The van der Waals surface area contributed by atoms with Crippen molar-refractivity contribution in [2.45, 2.75) is 58.9 Å². The summed E-state index contributed by atoms with van der Waals surface area (Å²) in [5, 5.41) is 0. The molecule has 2 aliphatic rings. The molecule has 140 valence electrons. The van der Waals surface area contributed by atoms with Crippen molar-refractivity contribution in [3.8, 4) is 0 Å². The van der Waals surface area contributed by atoms with Gasteiger partial charge in [-0.15, -0.1) is 0 Å². The second-order valence-corrected chi connectivity index (χ2v) is 7.97. The van der Waals surface area contributed by atoms with Gasteiger partial charge in [0.25, 0.3) is 0 Å². The number of nitrogens with zero attached hydrogens (tertiary/aromatic N) is 5. The Morgan fingerprint density at radius 3 is 2.50 bits per heavy atom. The van der Waals surface area contributed by atoms with Crippen LogP contribution >= 0.6 is 0 Å². The topological polar surface area (TPSA) is 58.3 Å². The maximum absolute atomic E-state index is 5.56. The van der Waals surface area contributed by atoms with Gasteiger partial charge in [-0.3, -0.25) is 4.90 Å². The van der Waals surface area contributed by atoms with E-state index in [2.05, 4.69) is 42.5 Å². The Balaban J connectivity index is 1.43. The van der Waals surface area contributed by atoms with Crippen LogP contribution < -0.4 is 4.90 Å². The number of oxazole rings is 1. The fourth-order valence-electron chi connectivity index (χ4n) is 3.66. The molecular formula is C20H29N5O. The van der Waals surface area contributed by atoms with E-state index < -0.39 is 0 Å². The summed E-state index contributed by atoms with van der Waals surface area (Å²) in [6.07, 6.45) is 4.06. The Bertz CT molecular complexity index is 773. The molecule has 0 unspecified atom stereocenters. The van der Waals surface area contributed by atoms with Gasteiger partial charge in [0, 0.05) is 55.8 Å². The number of piperazine rings is 1. The Morgan fingerprint density at radius 2 is 1.85 bits per heavy atom. The summed E-state index contributed by atoms with van der Waals surface area (Å²) >= 11 is 0. The van der Waals surface area contributed by atoms with E-state index in [1.54, 1.807) is 6.39 Å². The van der Waals surface area contributed by atoms with Gasteiger partial charge in [-0.25, -0.2) is 15.0 Å². The average molecular weight is 355 g/mol. The standard InChI is InChI=1S/C20H29N5O/c1-13(2)18-17(21-12-26-18)11-24-7-9-25(10-8-24)20-14(3)15(4)22-19(23-20)16-5-6-16/h12-13,16H,5-11H2,1-4H3. The van der Waals surface area contributed by atoms with E-state index in [0.29, 0.717) is 11.8 Å². The van der Waals surface area contributed by atoms with Gasteiger partial charge in [0.2, 0.25) is 0 Å². The molecule has 0 radical (unpaired) electrons. The third kappa shape index (κ3) is 3.47. The minimum Gasteiger partial charge on any atom is -0.448 e. The van der Waals surface area contributed by atoms with E-state index in [1.165, 1.54) is 18.4 Å². The van der Waals surface area contributed by atoms with Crippen LogP contribution in [0.15, 0.2) is 10.8 Å². The predicted octanol–water partition coefficient (Wildman–Crippen LogP) is 3.40. The van der Waals surface area contributed by atoms with Crippen LogP contribution in [0.5, 0.6) is 0 Å². The molecule has 0 amide bonds. The van der Waals surface area contributed by atoms with Crippen LogP contribution in [0.3, 0.4) is 0 Å². The van der Waals surface area contributed by atoms with E-state index in [4.69, 9.17) is 14.4 Å². The van der Waals surface area contributed by atoms with Crippen LogP contribution in [-0.2, 0) is 6.54 Å². The molecule has 6 nitrogen and oxygen atoms in total. The van der Waals surface area contributed by atoms with E-state index in [9.17, 15) is 0 Å². The first kappa shape index (κ1) is 17.5. The largest absolute Gasteiger partial charge is 0.448 e. The van der Waals surface area contributed by atoms with Crippen molar-refractivity contribution in [3.63, 3.8) is 0 Å². The molecule has 0 N–H and O–H groups in total. The van der Waals surface area contributed by atoms with Gasteiger partial charge >= 0.3 is 0 Å². The number of aryl methyl sites for hydroxylation is 1. The molecule has 2 fully saturated rings. The second-order valence-electron chi connectivity index (χ2n) is 7.97. The molecule has 1 aliphatic carbocycles. The van der Waals surface area contributed by atoms with Gasteiger partial charge in [-0.05, 0) is 26.7 Å². The summed E-state index contributed by atoms with van der Waals surface area (Å²) in [5.41, 5.74) is 3.43. The highest BCUT2D eigenvalue weighted by Crippen LogP contribution is 2.39. The lowest BCUT2D eigenvalue weighted by atomic mass is 10.1. The number of aromatic nitrogens is 3. The van der Waals surface area contributed by atoms with Crippen molar-refractivity contribution in [2.75, 3.05) is 31.1 Å². The molecule has 1 saturated carbocycles. The van der Waals surface area contributed by atoms with Crippen molar-refractivity contribution >= 4 is 5.82 Å². The van der Waals surface area contributed by atoms with Gasteiger partial charge in [0.15, 0.2) is 6.39 Å². The molecule has 1 aliphatic heterocycles. The molecule has 1 saturated heterocycles. The smallest absolute Gasteiger partial charge is 0.181 e.